The molecule has 1 fully saturated rings. The lowest BCUT2D eigenvalue weighted by atomic mass is 9.96. The van der Waals surface area contributed by atoms with Crippen LogP contribution in [0.3, 0.4) is 0 Å². The van der Waals surface area contributed by atoms with E-state index in [2.05, 4.69) is 0 Å². The molecule has 1 aliphatic rings. The largest absolute Gasteiger partial charge is 0.508 e. The summed E-state index contributed by atoms with van der Waals surface area (Å²) in [5.41, 5.74) is -0.351. The number of halogens is 1. The highest BCUT2D eigenvalue weighted by Crippen LogP contribution is 2.32. The van der Waals surface area contributed by atoms with Crippen LogP contribution in [0.2, 0.25) is 0 Å². The van der Waals surface area contributed by atoms with Gasteiger partial charge in [0.15, 0.2) is 11.6 Å². The number of fused-ring (bicyclic) bond motifs is 3. The highest BCUT2D eigenvalue weighted by molar-refractivity contribution is 6.04. The second-order valence-electron chi connectivity index (χ2n) is 5.57. The van der Waals surface area contributed by atoms with Crippen LogP contribution in [0, 0.1) is 5.82 Å². The van der Waals surface area contributed by atoms with Crippen LogP contribution in [0.1, 0.15) is 19.3 Å². The van der Waals surface area contributed by atoms with Gasteiger partial charge < -0.3 is 14.3 Å². The third-order valence-electron chi connectivity index (χ3n) is 4.10. The molecule has 0 amide bonds. The zero-order valence-corrected chi connectivity index (χ0v) is 11.6. The summed E-state index contributed by atoms with van der Waals surface area (Å²) in [6.07, 6.45) is 2.92. The van der Waals surface area contributed by atoms with Gasteiger partial charge in [-0.1, -0.05) is 0 Å². The van der Waals surface area contributed by atoms with Crippen molar-refractivity contribution >= 4 is 21.7 Å². The Balaban J connectivity index is 1.96. The van der Waals surface area contributed by atoms with E-state index in [1.807, 2.05) is 0 Å². The Morgan fingerprint density at radius 1 is 1.14 bits per heavy atom. The van der Waals surface area contributed by atoms with Crippen molar-refractivity contribution in [3.05, 3.63) is 46.6 Å². The first-order valence-corrected chi connectivity index (χ1v) is 7.17. The van der Waals surface area contributed by atoms with Crippen molar-refractivity contribution in [2.24, 2.45) is 0 Å². The van der Waals surface area contributed by atoms with E-state index < -0.39 is 11.4 Å². The maximum atomic E-state index is 14.3. The molecule has 0 bridgehead atoms. The Bertz CT molecular complexity index is 941. The topological polar surface area (TPSA) is 59.7 Å². The van der Waals surface area contributed by atoms with E-state index in [-0.39, 0.29) is 28.6 Å². The molecular formula is C17H13FO4. The van der Waals surface area contributed by atoms with Crippen molar-refractivity contribution in [3.8, 4) is 11.5 Å². The fourth-order valence-corrected chi connectivity index (χ4v) is 2.68. The van der Waals surface area contributed by atoms with Gasteiger partial charge in [-0.05, 0) is 43.5 Å². The first-order chi connectivity index (χ1) is 10.6. The lowest BCUT2D eigenvalue weighted by molar-refractivity contribution is 0.115. The van der Waals surface area contributed by atoms with Gasteiger partial charge in [0.05, 0.1) is 11.5 Å². The van der Waals surface area contributed by atoms with Crippen molar-refractivity contribution in [1.82, 2.24) is 0 Å². The zero-order valence-electron chi connectivity index (χ0n) is 11.6. The Hall–Kier alpha value is -2.56. The average molecular weight is 300 g/mol. The molecule has 4 nitrogen and oxygen atoms in total. The summed E-state index contributed by atoms with van der Waals surface area (Å²) in [5, 5.41) is 10.8. The van der Waals surface area contributed by atoms with E-state index in [0.717, 1.165) is 19.3 Å². The first kappa shape index (κ1) is 13.1. The van der Waals surface area contributed by atoms with E-state index in [9.17, 15) is 14.3 Å². The molecular weight excluding hydrogens is 287 g/mol. The molecule has 1 aromatic heterocycles. The first-order valence-electron chi connectivity index (χ1n) is 7.17. The van der Waals surface area contributed by atoms with Gasteiger partial charge in [0.2, 0.25) is 0 Å². The molecule has 0 unspecified atom stereocenters. The maximum absolute atomic E-state index is 14.3. The monoisotopic (exact) mass is 300 g/mol. The number of phenols is 1. The number of rotatable bonds is 2. The van der Waals surface area contributed by atoms with Crippen LogP contribution in [0.15, 0.2) is 39.5 Å². The van der Waals surface area contributed by atoms with E-state index in [1.54, 1.807) is 6.07 Å². The molecule has 0 atom stereocenters. The van der Waals surface area contributed by atoms with Crippen molar-refractivity contribution in [2.45, 2.75) is 25.4 Å². The molecule has 0 saturated heterocycles. The van der Waals surface area contributed by atoms with Crippen molar-refractivity contribution < 1.29 is 18.7 Å². The number of phenolic OH excluding ortho intramolecular Hbond substituents is 1. The highest BCUT2D eigenvalue weighted by Gasteiger charge is 2.21. The third-order valence-corrected chi connectivity index (χ3v) is 4.10. The Labute approximate surface area is 124 Å². The molecule has 5 heteroatoms. The maximum Gasteiger partial charge on any atom is 0.344 e. The summed E-state index contributed by atoms with van der Waals surface area (Å²) in [5.74, 6) is -0.428. The summed E-state index contributed by atoms with van der Waals surface area (Å²) >= 11 is 0. The fraction of sp³-hybridized carbons (Fsp3) is 0.235. The van der Waals surface area contributed by atoms with Gasteiger partial charge in [0, 0.05) is 16.8 Å². The minimum atomic E-state index is -0.577. The van der Waals surface area contributed by atoms with Gasteiger partial charge >= 0.3 is 5.63 Å². The normalized spacial score (nSPS) is 15.1. The molecule has 112 valence electrons. The molecule has 3 aromatic rings. The second kappa shape index (κ2) is 4.73. The van der Waals surface area contributed by atoms with Crippen molar-refractivity contribution in [2.75, 3.05) is 0 Å². The van der Waals surface area contributed by atoms with Crippen LogP contribution in [-0.4, -0.2) is 11.2 Å². The van der Waals surface area contributed by atoms with Crippen LogP contribution in [0.4, 0.5) is 4.39 Å². The number of aromatic hydroxyl groups is 1. The van der Waals surface area contributed by atoms with Crippen LogP contribution in [0.5, 0.6) is 11.5 Å². The molecule has 4 rings (SSSR count). The summed E-state index contributed by atoms with van der Waals surface area (Å²) in [6, 6.07) is 7.11. The van der Waals surface area contributed by atoms with E-state index >= 15 is 0 Å². The molecule has 0 spiro atoms. The Morgan fingerprint density at radius 2 is 1.95 bits per heavy atom. The SMILES string of the molecule is O=c1oc2cc(O)ccc2c2cc(F)c(OC3CCC3)cc12. The molecule has 0 radical (unpaired) electrons. The standard InChI is InChI=1S/C17H13FO4/c18-14-7-12-11-5-4-9(19)6-15(11)22-17(20)13(12)8-16(14)21-10-2-1-3-10/h4-8,10,19H,1-3H2. The van der Waals surface area contributed by atoms with Crippen LogP contribution in [-0.2, 0) is 0 Å². The number of hydrogen-bond acceptors (Lipinski definition) is 4. The van der Waals surface area contributed by atoms with Crippen LogP contribution in [0.25, 0.3) is 21.7 Å². The molecule has 22 heavy (non-hydrogen) atoms. The van der Waals surface area contributed by atoms with Crippen molar-refractivity contribution in [1.29, 1.82) is 0 Å². The molecule has 1 aliphatic carbocycles. The smallest absolute Gasteiger partial charge is 0.344 e. The second-order valence-corrected chi connectivity index (χ2v) is 5.57. The number of hydrogen-bond donors (Lipinski definition) is 1. The number of benzene rings is 2. The van der Waals surface area contributed by atoms with Gasteiger partial charge in [-0.3, -0.25) is 0 Å². The minimum Gasteiger partial charge on any atom is -0.508 e. The van der Waals surface area contributed by atoms with E-state index in [0.29, 0.717) is 10.8 Å². The predicted octanol–water partition coefficient (Wildman–Crippen LogP) is 3.72. The lowest BCUT2D eigenvalue weighted by Gasteiger charge is -2.26. The third kappa shape index (κ3) is 2.01. The van der Waals surface area contributed by atoms with Crippen LogP contribution < -0.4 is 10.4 Å². The summed E-state index contributed by atoms with van der Waals surface area (Å²) in [6.45, 7) is 0. The molecule has 1 N–H and O–H groups in total. The minimum absolute atomic E-state index is 0.0135. The predicted molar refractivity (Wildman–Crippen MR) is 79.9 cm³/mol. The van der Waals surface area contributed by atoms with Gasteiger partial charge in [-0.15, -0.1) is 0 Å². The molecule has 0 aliphatic heterocycles. The van der Waals surface area contributed by atoms with Gasteiger partial charge in [0.1, 0.15) is 11.3 Å². The van der Waals surface area contributed by atoms with Gasteiger partial charge in [-0.25, -0.2) is 9.18 Å². The Kier molecular flexibility index (Phi) is 2.82. The molecule has 2 aromatic carbocycles. The van der Waals surface area contributed by atoms with E-state index in [1.165, 1.54) is 24.3 Å². The lowest BCUT2D eigenvalue weighted by Crippen LogP contribution is -2.25. The number of ether oxygens (including phenoxy) is 1. The van der Waals surface area contributed by atoms with Gasteiger partial charge in [0.25, 0.3) is 0 Å². The summed E-state index contributed by atoms with van der Waals surface area (Å²) in [4.78, 5) is 12.1. The fourth-order valence-electron chi connectivity index (χ4n) is 2.68. The highest BCUT2D eigenvalue weighted by atomic mass is 19.1. The molecule has 1 heterocycles. The van der Waals surface area contributed by atoms with Crippen LogP contribution >= 0.6 is 0 Å². The summed E-state index contributed by atoms with van der Waals surface area (Å²) < 4.78 is 25.1. The Morgan fingerprint density at radius 3 is 2.68 bits per heavy atom. The molecule has 1 saturated carbocycles. The van der Waals surface area contributed by atoms with Crippen molar-refractivity contribution in [3.63, 3.8) is 0 Å². The average Bonchev–Trinajstić information content (AvgIpc) is 2.43. The van der Waals surface area contributed by atoms with Gasteiger partial charge in [-0.2, -0.15) is 0 Å². The quantitative estimate of drug-likeness (QED) is 0.579. The summed E-state index contributed by atoms with van der Waals surface area (Å²) in [7, 11) is 0. The van der Waals surface area contributed by atoms with E-state index in [4.69, 9.17) is 9.15 Å². The zero-order chi connectivity index (χ0) is 15.3.